The van der Waals surface area contributed by atoms with Gasteiger partial charge in [-0.15, -0.1) is 24.0 Å². The predicted molar refractivity (Wildman–Crippen MR) is 109 cm³/mol. The highest BCUT2D eigenvalue weighted by Crippen LogP contribution is 2.13. The van der Waals surface area contributed by atoms with E-state index in [1.165, 1.54) is 0 Å². The van der Waals surface area contributed by atoms with Crippen LogP contribution in [0.2, 0.25) is 0 Å². The topological polar surface area (TPSA) is 64.1 Å². The highest BCUT2D eigenvalue weighted by Gasteiger charge is 2.00. The van der Waals surface area contributed by atoms with E-state index in [4.69, 9.17) is 14.2 Å². The molecule has 0 spiro atoms. The molecule has 0 saturated carbocycles. The number of aliphatic imine (C=N–C) groups is 1. The van der Waals surface area contributed by atoms with E-state index in [0.717, 1.165) is 43.5 Å². The van der Waals surface area contributed by atoms with Crippen LogP contribution in [0.5, 0.6) is 5.75 Å². The van der Waals surface area contributed by atoms with Gasteiger partial charge >= 0.3 is 0 Å². The minimum Gasteiger partial charge on any atom is -0.497 e. The van der Waals surface area contributed by atoms with Crippen molar-refractivity contribution >= 4 is 29.9 Å². The molecule has 1 aromatic carbocycles. The Kier molecular flexibility index (Phi) is 14.8. The molecule has 0 fully saturated rings. The molecule has 1 aromatic rings. The Morgan fingerprint density at radius 1 is 1.12 bits per heavy atom. The van der Waals surface area contributed by atoms with Gasteiger partial charge in [-0.3, -0.25) is 0 Å². The minimum absolute atomic E-state index is 0. The molecule has 0 bridgehead atoms. The number of hydrogen-bond acceptors (Lipinski definition) is 4. The van der Waals surface area contributed by atoms with Gasteiger partial charge in [-0.1, -0.05) is 12.1 Å². The summed E-state index contributed by atoms with van der Waals surface area (Å²) < 4.78 is 15.6. The summed E-state index contributed by atoms with van der Waals surface area (Å²) >= 11 is 0. The van der Waals surface area contributed by atoms with E-state index >= 15 is 0 Å². The van der Waals surface area contributed by atoms with Crippen LogP contribution in [0.3, 0.4) is 0 Å². The lowest BCUT2D eigenvalue weighted by Gasteiger charge is -2.12. The standard InChI is InChI=1S/C17H29N3O3.HI/c1-4-23-11-6-9-18-17(19-10-12-21-2)20-14-15-7-5-8-16(13-15)22-3;/h5,7-8,13H,4,6,9-12,14H2,1-3H3,(H2,18,19,20);1H. The van der Waals surface area contributed by atoms with Crippen molar-refractivity contribution in [3.05, 3.63) is 29.8 Å². The van der Waals surface area contributed by atoms with E-state index in [0.29, 0.717) is 19.7 Å². The van der Waals surface area contributed by atoms with E-state index < -0.39 is 0 Å². The average molecular weight is 451 g/mol. The molecule has 0 radical (unpaired) electrons. The zero-order valence-electron chi connectivity index (χ0n) is 14.8. The number of nitrogens with one attached hydrogen (secondary N) is 2. The summed E-state index contributed by atoms with van der Waals surface area (Å²) in [7, 11) is 3.35. The lowest BCUT2D eigenvalue weighted by Crippen LogP contribution is -2.39. The van der Waals surface area contributed by atoms with Gasteiger partial charge in [0.25, 0.3) is 0 Å². The average Bonchev–Trinajstić information content (AvgIpc) is 2.59. The molecule has 2 N–H and O–H groups in total. The van der Waals surface area contributed by atoms with Crippen molar-refractivity contribution in [2.24, 2.45) is 4.99 Å². The molecule has 0 atom stereocenters. The fourth-order valence-electron chi connectivity index (χ4n) is 1.91. The summed E-state index contributed by atoms with van der Waals surface area (Å²) in [4.78, 5) is 4.60. The second kappa shape index (κ2) is 15.5. The highest BCUT2D eigenvalue weighted by molar-refractivity contribution is 14.0. The minimum atomic E-state index is 0. The molecule has 1 rings (SSSR count). The first-order valence-corrected chi connectivity index (χ1v) is 8.02. The van der Waals surface area contributed by atoms with Crippen molar-refractivity contribution in [1.82, 2.24) is 10.6 Å². The summed E-state index contributed by atoms with van der Waals surface area (Å²) in [6.07, 6.45) is 0.942. The maximum absolute atomic E-state index is 5.33. The van der Waals surface area contributed by atoms with Gasteiger partial charge in [0.15, 0.2) is 5.96 Å². The van der Waals surface area contributed by atoms with Crippen LogP contribution >= 0.6 is 24.0 Å². The van der Waals surface area contributed by atoms with Crippen molar-refractivity contribution in [1.29, 1.82) is 0 Å². The van der Waals surface area contributed by atoms with Crippen LogP contribution in [-0.2, 0) is 16.0 Å². The Morgan fingerprint density at radius 2 is 1.92 bits per heavy atom. The van der Waals surface area contributed by atoms with E-state index in [1.54, 1.807) is 14.2 Å². The smallest absolute Gasteiger partial charge is 0.191 e. The first kappa shape index (κ1) is 22.9. The summed E-state index contributed by atoms with van der Waals surface area (Å²) in [5.41, 5.74) is 1.10. The molecule has 6 nitrogen and oxygen atoms in total. The molecule has 0 aliphatic rings. The largest absolute Gasteiger partial charge is 0.497 e. The third kappa shape index (κ3) is 10.7. The Balaban J connectivity index is 0.00000529. The maximum Gasteiger partial charge on any atom is 0.191 e. The SMILES string of the molecule is CCOCCCNC(=NCc1cccc(OC)c1)NCCOC.I. The van der Waals surface area contributed by atoms with E-state index in [9.17, 15) is 0 Å². The van der Waals surface area contributed by atoms with Crippen LogP contribution < -0.4 is 15.4 Å². The lowest BCUT2D eigenvalue weighted by atomic mass is 10.2. The van der Waals surface area contributed by atoms with Crippen LogP contribution in [0.1, 0.15) is 18.9 Å². The molecule has 0 aromatic heterocycles. The second-order valence-electron chi connectivity index (χ2n) is 4.91. The zero-order valence-corrected chi connectivity index (χ0v) is 17.2. The van der Waals surface area contributed by atoms with Crippen molar-refractivity contribution in [3.8, 4) is 5.75 Å². The molecule has 7 heteroatoms. The molecule has 0 saturated heterocycles. The maximum atomic E-state index is 5.33. The Hall–Kier alpha value is -1.06. The number of rotatable bonds is 11. The van der Waals surface area contributed by atoms with Gasteiger partial charge in [0, 0.05) is 33.4 Å². The van der Waals surface area contributed by atoms with Crippen LogP contribution in [0.25, 0.3) is 0 Å². The molecular formula is C17H30IN3O3. The Labute approximate surface area is 162 Å². The number of ether oxygens (including phenoxy) is 3. The fraction of sp³-hybridized carbons (Fsp3) is 0.588. The van der Waals surface area contributed by atoms with E-state index in [1.807, 2.05) is 31.2 Å². The van der Waals surface area contributed by atoms with Crippen molar-refractivity contribution in [2.75, 3.05) is 47.1 Å². The van der Waals surface area contributed by atoms with Gasteiger partial charge in [0.1, 0.15) is 5.75 Å². The molecule has 0 amide bonds. The summed E-state index contributed by atoms with van der Waals surface area (Å²) in [5, 5.41) is 6.56. The second-order valence-corrected chi connectivity index (χ2v) is 4.91. The number of benzene rings is 1. The normalized spacial score (nSPS) is 10.9. The summed E-state index contributed by atoms with van der Waals surface area (Å²) in [6, 6.07) is 7.92. The quantitative estimate of drug-likeness (QED) is 0.234. The number of halogens is 1. The Bertz CT molecular complexity index is 458. The highest BCUT2D eigenvalue weighted by atomic mass is 127. The van der Waals surface area contributed by atoms with Crippen LogP contribution in [0.4, 0.5) is 0 Å². The molecule has 0 aliphatic heterocycles. The van der Waals surface area contributed by atoms with Crippen molar-refractivity contribution in [2.45, 2.75) is 19.9 Å². The number of guanidine groups is 1. The van der Waals surface area contributed by atoms with Crippen LogP contribution in [0.15, 0.2) is 29.3 Å². The first-order valence-electron chi connectivity index (χ1n) is 8.02. The molecule has 0 unspecified atom stereocenters. The Morgan fingerprint density at radius 3 is 2.62 bits per heavy atom. The summed E-state index contributed by atoms with van der Waals surface area (Å²) in [6.45, 7) is 6.26. The molecule has 24 heavy (non-hydrogen) atoms. The van der Waals surface area contributed by atoms with E-state index in [2.05, 4.69) is 15.6 Å². The molecular weight excluding hydrogens is 421 g/mol. The molecule has 0 aliphatic carbocycles. The lowest BCUT2D eigenvalue weighted by molar-refractivity contribution is 0.145. The van der Waals surface area contributed by atoms with Crippen LogP contribution in [0, 0.1) is 0 Å². The summed E-state index contributed by atoms with van der Waals surface area (Å²) in [5.74, 6) is 1.62. The predicted octanol–water partition coefficient (Wildman–Crippen LogP) is 2.42. The van der Waals surface area contributed by atoms with Gasteiger partial charge in [-0.05, 0) is 31.0 Å². The monoisotopic (exact) mass is 451 g/mol. The van der Waals surface area contributed by atoms with E-state index in [-0.39, 0.29) is 24.0 Å². The van der Waals surface area contributed by atoms with Gasteiger partial charge in [0.05, 0.1) is 20.3 Å². The van der Waals surface area contributed by atoms with Gasteiger partial charge in [-0.25, -0.2) is 4.99 Å². The van der Waals surface area contributed by atoms with Gasteiger partial charge in [0.2, 0.25) is 0 Å². The van der Waals surface area contributed by atoms with Gasteiger partial charge < -0.3 is 24.8 Å². The third-order valence-electron chi connectivity index (χ3n) is 3.11. The molecule has 138 valence electrons. The number of methoxy groups -OCH3 is 2. The first-order chi connectivity index (χ1) is 11.3. The van der Waals surface area contributed by atoms with Crippen LogP contribution in [-0.4, -0.2) is 53.1 Å². The fourth-order valence-corrected chi connectivity index (χ4v) is 1.91. The van der Waals surface area contributed by atoms with Gasteiger partial charge in [-0.2, -0.15) is 0 Å². The third-order valence-corrected chi connectivity index (χ3v) is 3.11. The molecule has 0 heterocycles. The number of hydrogen-bond donors (Lipinski definition) is 2. The van der Waals surface area contributed by atoms with Crippen molar-refractivity contribution in [3.63, 3.8) is 0 Å². The zero-order chi connectivity index (χ0) is 16.8. The number of nitrogens with zero attached hydrogens (tertiary/aromatic N) is 1. The van der Waals surface area contributed by atoms with Crippen molar-refractivity contribution < 1.29 is 14.2 Å².